The number of hydrogen-bond donors (Lipinski definition) is 1. The van der Waals surface area contributed by atoms with Crippen LogP contribution in [-0.4, -0.2) is 48.6 Å². The van der Waals surface area contributed by atoms with E-state index >= 15 is 0 Å². The average molecular weight is 453 g/mol. The molecule has 0 aliphatic carbocycles. The monoisotopic (exact) mass is 452 g/mol. The van der Waals surface area contributed by atoms with Gasteiger partial charge in [-0.3, -0.25) is 0 Å². The Kier molecular flexibility index (Phi) is 9.22. The van der Waals surface area contributed by atoms with Crippen molar-refractivity contribution in [2.24, 2.45) is 11.8 Å². The van der Waals surface area contributed by atoms with E-state index in [2.05, 4.69) is 13.5 Å². The number of benzene rings is 2. The maximum absolute atomic E-state index is 12.7. The topological polar surface area (TPSA) is 82.1 Å². The summed E-state index contributed by atoms with van der Waals surface area (Å²) in [4.78, 5) is 25.2. The van der Waals surface area contributed by atoms with Gasteiger partial charge in [0.15, 0.2) is 0 Å². The zero-order valence-electron chi connectivity index (χ0n) is 19.0. The summed E-state index contributed by atoms with van der Waals surface area (Å²) in [6.45, 7) is 5.75. The van der Waals surface area contributed by atoms with E-state index in [4.69, 9.17) is 14.2 Å². The van der Waals surface area contributed by atoms with Crippen LogP contribution in [0.5, 0.6) is 0 Å². The Labute approximate surface area is 195 Å². The standard InChI is InChI=1S/C27H32O6/c1-3-11-24-22(4-2)23(17-28)25(33-24)16-21(32-27(30)20-14-9-6-10-15-20)18-31-26(29)19-12-7-5-8-13-19/h3,5-10,12-15,21-25,28H,1,4,11,16-18H2,2H3/t21-,22+,23?,24-,25+/m0/s1. The van der Waals surface area contributed by atoms with Crippen molar-refractivity contribution in [1.29, 1.82) is 0 Å². The number of esters is 2. The van der Waals surface area contributed by atoms with Crippen LogP contribution in [0.1, 0.15) is 46.9 Å². The summed E-state index contributed by atoms with van der Waals surface area (Å²) < 4.78 is 17.5. The molecule has 1 heterocycles. The highest BCUT2D eigenvalue weighted by Gasteiger charge is 2.43. The fraction of sp³-hybridized carbons (Fsp3) is 0.407. The van der Waals surface area contributed by atoms with E-state index in [9.17, 15) is 14.7 Å². The predicted octanol–water partition coefficient (Wildman–Crippen LogP) is 4.44. The molecule has 5 atom stereocenters. The lowest BCUT2D eigenvalue weighted by atomic mass is 9.83. The van der Waals surface area contributed by atoms with Gasteiger partial charge >= 0.3 is 11.9 Å². The number of aliphatic hydroxyl groups is 1. The van der Waals surface area contributed by atoms with Crippen LogP contribution in [0.25, 0.3) is 0 Å². The van der Waals surface area contributed by atoms with Gasteiger partial charge in [0, 0.05) is 18.9 Å². The van der Waals surface area contributed by atoms with Gasteiger partial charge in [0.25, 0.3) is 0 Å². The fourth-order valence-corrected chi connectivity index (χ4v) is 4.45. The lowest BCUT2D eigenvalue weighted by Crippen LogP contribution is -2.33. The van der Waals surface area contributed by atoms with Crippen molar-refractivity contribution in [3.8, 4) is 0 Å². The van der Waals surface area contributed by atoms with Crippen LogP contribution in [0.2, 0.25) is 0 Å². The predicted molar refractivity (Wildman–Crippen MR) is 125 cm³/mol. The molecular formula is C27H32O6. The molecule has 176 valence electrons. The second-order valence-corrected chi connectivity index (χ2v) is 8.25. The smallest absolute Gasteiger partial charge is 0.338 e. The lowest BCUT2D eigenvalue weighted by molar-refractivity contribution is -0.0376. The van der Waals surface area contributed by atoms with E-state index in [1.807, 2.05) is 18.2 Å². The van der Waals surface area contributed by atoms with Crippen molar-refractivity contribution >= 4 is 11.9 Å². The van der Waals surface area contributed by atoms with Crippen LogP contribution >= 0.6 is 0 Å². The number of hydrogen-bond acceptors (Lipinski definition) is 6. The van der Waals surface area contributed by atoms with Crippen molar-refractivity contribution in [2.45, 2.75) is 44.5 Å². The third-order valence-corrected chi connectivity index (χ3v) is 6.12. The Morgan fingerprint density at radius 3 is 2.15 bits per heavy atom. The maximum Gasteiger partial charge on any atom is 0.338 e. The second kappa shape index (κ2) is 12.3. The molecule has 1 unspecified atom stereocenters. The van der Waals surface area contributed by atoms with E-state index in [1.165, 1.54) is 0 Å². The van der Waals surface area contributed by atoms with Gasteiger partial charge in [-0.1, -0.05) is 55.8 Å². The van der Waals surface area contributed by atoms with Crippen LogP contribution in [0.15, 0.2) is 73.3 Å². The summed E-state index contributed by atoms with van der Waals surface area (Å²) in [5, 5.41) is 10.1. The quantitative estimate of drug-likeness (QED) is 0.401. The molecule has 1 N–H and O–H groups in total. The van der Waals surface area contributed by atoms with E-state index in [1.54, 1.807) is 48.5 Å². The minimum absolute atomic E-state index is 0.0278. The average Bonchev–Trinajstić information content (AvgIpc) is 3.19. The molecule has 0 bridgehead atoms. The van der Waals surface area contributed by atoms with Gasteiger partial charge in [0.1, 0.15) is 12.7 Å². The first-order valence-corrected chi connectivity index (χ1v) is 11.4. The molecule has 1 aliphatic rings. The highest BCUT2D eigenvalue weighted by molar-refractivity contribution is 5.90. The largest absolute Gasteiger partial charge is 0.458 e. The van der Waals surface area contributed by atoms with Crippen LogP contribution in [0.3, 0.4) is 0 Å². The number of carbonyl (C=O) groups excluding carboxylic acids is 2. The van der Waals surface area contributed by atoms with Gasteiger partial charge in [-0.15, -0.1) is 6.58 Å². The minimum Gasteiger partial charge on any atom is -0.458 e. The summed E-state index contributed by atoms with van der Waals surface area (Å²) >= 11 is 0. The number of rotatable bonds is 11. The summed E-state index contributed by atoms with van der Waals surface area (Å²) in [6, 6.07) is 17.3. The molecule has 0 aromatic heterocycles. The lowest BCUT2D eigenvalue weighted by Gasteiger charge is -2.25. The number of ether oxygens (including phenoxy) is 3. The van der Waals surface area contributed by atoms with E-state index in [0.29, 0.717) is 24.0 Å². The van der Waals surface area contributed by atoms with Crippen molar-refractivity contribution < 1.29 is 28.9 Å². The third kappa shape index (κ3) is 6.53. The molecule has 2 aromatic rings. The van der Waals surface area contributed by atoms with Crippen molar-refractivity contribution in [2.75, 3.05) is 13.2 Å². The molecule has 3 rings (SSSR count). The first-order chi connectivity index (χ1) is 16.1. The van der Waals surface area contributed by atoms with Crippen molar-refractivity contribution in [3.05, 3.63) is 84.4 Å². The molecule has 0 amide bonds. The molecule has 0 saturated carbocycles. The van der Waals surface area contributed by atoms with Crippen molar-refractivity contribution in [1.82, 2.24) is 0 Å². The number of carbonyl (C=O) groups is 2. The van der Waals surface area contributed by atoms with E-state index in [-0.39, 0.29) is 37.3 Å². The molecule has 33 heavy (non-hydrogen) atoms. The van der Waals surface area contributed by atoms with Crippen molar-refractivity contribution in [3.63, 3.8) is 0 Å². The highest BCUT2D eigenvalue weighted by atomic mass is 16.6. The SMILES string of the molecule is C=CC[C@@H]1O[C@H](C[C@@H](COC(=O)c2ccccc2)OC(=O)c2ccccc2)C(CO)[C@H]1CC. The first-order valence-electron chi connectivity index (χ1n) is 11.4. The second-order valence-electron chi connectivity index (χ2n) is 8.25. The van der Waals surface area contributed by atoms with Crippen LogP contribution in [0.4, 0.5) is 0 Å². The molecule has 0 radical (unpaired) electrons. The molecular weight excluding hydrogens is 420 g/mol. The summed E-state index contributed by atoms with van der Waals surface area (Å²) in [5.41, 5.74) is 0.840. The molecule has 1 fully saturated rings. The Bertz CT molecular complexity index is 897. The molecule has 6 heteroatoms. The van der Waals surface area contributed by atoms with E-state index < -0.39 is 18.0 Å². The van der Waals surface area contributed by atoms with Gasteiger partial charge in [-0.25, -0.2) is 9.59 Å². The van der Waals surface area contributed by atoms with Gasteiger partial charge in [-0.05, 0) is 36.6 Å². The first kappa shape index (κ1) is 24.7. The molecule has 1 aliphatic heterocycles. The Balaban J connectivity index is 1.73. The van der Waals surface area contributed by atoms with Crippen LogP contribution in [-0.2, 0) is 14.2 Å². The van der Waals surface area contributed by atoms with Gasteiger partial charge in [0.05, 0.1) is 23.3 Å². The zero-order chi connectivity index (χ0) is 23.6. The minimum atomic E-state index is -0.718. The van der Waals surface area contributed by atoms with Gasteiger partial charge in [0.2, 0.25) is 0 Å². The normalized spacial score (nSPS) is 23.0. The summed E-state index contributed by atoms with van der Waals surface area (Å²) in [7, 11) is 0. The highest BCUT2D eigenvalue weighted by Crippen LogP contribution is 2.38. The zero-order valence-corrected chi connectivity index (χ0v) is 19.0. The van der Waals surface area contributed by atoms with Crippen LogP contribution in [0, 0.1) is 11.8 Å². The number of aliphatic hydroxyl groups excluding tert-OH is 1. The van der Waals surface area contributed by atoms with E-state index in [0.717, 1.165) is 6.42 Å². The Morgan fingerprint density at radius 2 is 1.61 bits per heavy atom. The Morgan fingerprint density at radius 1 is 1.00 bits per heavy atom. The van der Waals surface area contributed by atoms with Gasteiger partial charge < -0.3 is 19.3 Å². The molecule has 0 spiro atoms. The Hall–Kier alpha value is -2.96. The fourth-order valence-electron chi connectivity index (χ4n) is 4.45. The summed E-state index contributed by atoms with van der Waals surface area (Å²) in [5.74, 6) is -0.902. The molecule has 1 saturated heterocycles. The maximum atomic E-state index is 12.7. The molecule has 6 nitrogen and oxygen atoms in total. The molecule has 2 aromatic carbocycles. The van der Waals surface area contributed by atoms with Crippen LogP contribution < -0.4 is 0 Å². The summed E-state index contributed by atoms with van der Waals surface area (Å²) in [6.07, 6.45) is 2.58. The third-order valence-electron chi connectivity index (χ3n) is 6.12. The van der Waals surface area contributed by atoms with Gasteiger partial charge in [-0.2, -0.15) is 0 Å².